The number of nitrogens with one attached hydrogen (secondary N) is 1. The fraction of sp³-hybridized carbons (Fsp3) is 0.0625. The van der Waals surface area contributed by atoms with Gasteiger partial charge in [0.1, 0.15) is 5.75 Å². The Morgan fingerprint density at radius 3 is 2.62 bits per heavy atom. The van der Waals surface area contributed by atoms with Crippen LogP contribution in [0.4, 0.5) is 5.69 Å². The van der Waals surface area contributed by atoms with Crippen molar-refractivity contribution in [1.82, 2.24) is 9.97 Å². The number of methoxy groups -OCH3 is 1. The number of hydrogen-bond acceptors (Lipinski definition) is 4. The van der Waals surface area contributed by atoms with Gasteiger partial charge in [-0.25, -0.2) is 0 Å². The molecule has 3 rings (SSSR count). The van der Waals surface area contributed by atoms with Gasteiger partial charge in [-0.3, -0.25) is 14.8 Å². The van der Waals surface area contributed by atoms with Gasteiger partial charge in [-0.1, -0.05) is 12.1 Å². The average molecular weight is 279 g/mol. The summed E-state index contributed by atoms with van der Waals surface area (Å²) < 4.78 is 5.19. The first-order chi connectivity index (χ1) is 10.3. The smallest absolute Gasteiger partial charge is 0.259 e. The molecule has 0 radical (unpaired) electrons. The first-order valence-electron chi connectivity index (χ1n) is 6.43. The van der Waals surface area contributed by atoms with Crippen LogP contribution >= 0.6 is 0 Å². The van der Waals surface area contributed by atoms with Crippen LogP contribution in [0.3, 0.4) is 0 Å². The van der Waals surface area contributed by atoms with Crippen molar-refractivity contribution in [2.75, 3.05) is 12.4 Å². The van der Waals surface area contributed by atoms with Crippen LogP contribution in [0.5, 0.6) is 5.75 Å². The number of carbonyl (C=O) groups excluding carboxylic acids is 1. The highest BCUT2D eigenvalue weighted by Crippen LogP contribution is 2.20. The Labute approximate surface area is 121 Å². The second-order valence-corrected chi connectivity index (χ2v) is 4.41. The normalized spacial score (nSPS) is 10.3. The van der Waals surface area contributed by atoms with E-state index in [1.807, 2.05) is 12.1 Å². The van der Waals surface area contributed by atoms with Crippen LogP contribution < -0.4 is 10.1 Å². The first kappa shape index (κ1) is 13.1. The molecule has 0 spiro atoms. The second-order valence-electron chi connectivity index (χ2n) is 4.41. The third-order valence-corrected chi connectivity index (χ3v) is 3.08. The highest BCUT2D eigenvalue weighted by molar-refractivity contribution is 6.06. The number of carbonyl (C=O) groups is 1. The maximum atomic E-state index is 12.3. The molecule has 1 amide bonds. The summed E-state index contributed by atoms with van der Waals surface area (Å²) in [5, 5.41) is 2.84. The standard InChI is InChI=1S/C16H13N3O2/c1-21-15-5-3-2-4-12(15)16(20)19-11-6-7-13-14(10-11)18-9-8-17-13/h2-10H,1H3,(H,19,20). The molecule has 5 heteroatoms. The number of ether oxygens (including phenoxy) is 1. The Hall–Kier alpha value is -2.95. The predicted molar refractivity (Wildman–Crippen MR) is 80.5 cm³/mol. The van der Waals surface area contributed by atoms with Gasteiger partial charge in [0.05, 0.1) is 23.7 Å². The fourth-order valence-electron chi connectivity index (χ4n) is 2.07. The SMILES string of the molecule is COc1ccccc1C(=O)Nc1ccc2nccnc2c1. The molecule has 1 N–H and O–H groups in total. The van der Waals surface area contributed by atoms with Crippen molar-refractivity contribution in [3.63, 3.8) is 0 Å². The Bertz CT molecular complexity index is 802. The summed E-state index contributed by atoms with van der Waals surface area (Å²) in [6.45, 7) is 0. The van der Waals surface area contributed by atoms with Crippen molar-refractivity contribution in [1.29, 1.82) is 0 Å². The van der Waals surface area contributed by atoms with Gasteiger partial charge in [-0.15, -0.1) is 0 Å². The van der Waals surface area contributed by atoms with Gasteiger partial charge in [0.15, 0.2) is 0 Å². The van der Waals surface area contributed by atoms with Gasteiger partial charge >= 0.3 is 0 Å². The zero-order chi connectivity index (χ0) is 14.7. The molecule has 1 heterocycles. The van der Waals surface area contributed by atoms with Crippen molar-refractivity contribution >= 4 is 22.6 Å². The van der Waals surface area contributed by atoms with E-state index in [0.29, 0.717) is 17.0 Å². The van der Waals surface area contributed by atoms with E-state index < -0.39 is 0 Å². The largest absolute Gasteiger partial charge is 0.496 e. The summed E-state index contributed by atoms with van der Waals surface area (Å²) >= 11 is 0. The molecule has 5 nitrogen and oxygen atoms in total. The van der Waals surface area contributed by atoms with Crippen LogP contribution in [0.1, 0.15) is 10.4 Å². The van der Waals surface area contributed by atoms with Gasteiger partial charge < -0.3 is 10.1 Å². The lowest BCUT2D eigenvalue weighted by Gasteiger charge is -2.09. The molecule has 0 fully saturated rings. The Balaban J connectivity index is 1.89. The van der Waals surface area contributed by atoms with Crippen LogP contribution in [0.25, 0.3) is 11.0 Å². The molecule has 104 valence electrons. The molecular formula is C16H13N3O2. The lowest BCUT2D eigenvalue weighted by molar-refractivity contribution is 0.102. The van der Waals surface area contributed by atoms with E-state index in [0.717, 1.165) is 11.0 Å². The molecule has 0 aliphatic heterocycles. The van der Waals surface area contributed by atoms with E-state index in [-0.39, 0.29) is 5.91 Å². The quantitative estimate of drug-likeness (QED) is 0.800. The number of para-hydroxylation sites is 1. The molecule has 3 aromatic rings. The number of anilines is 1. The van der Waals surface area contributed by atoms with Crippen LogP contribution in [0.15, 0.2) is 54.9 Å². The van der Waals surface area contributed by atoms with E-state index in [2.05, 4.69) is 15.3 Å². The van der Waals surface area contributed by atoms with Crippen LogP contribution in [0.2, 0.25) is 0 Å². The van der Waals surface area contributed by atoms with Crippen LogP contribution in [-0.4, -0.2) is 23.0 Å². The summed E-state index contributed by atoms with van der Waals surface area (Å²) in [4.78, 5) is 20.7. The molecular weight excluding hydrogens is 266 g/mol. The lowest BCUT2D eigenvalue weighted by Crippen LogP contribution is -2.13. The Morgan fingerprint density at radius 1 is 1.05 bits per heavy atom. The van der Waals surface area contributed by atoms with E-state index in [1.165, 1.54) is 7.11 Å². The van der Waals surface area contributed by atoms with Crippen molar-refractivity contribution < 1.29 is 9.53 Å². The number of rotatable bonds is 3. The molecule has 0 saturated carbocycles. The Kier molecular flexibility index (Phi) is 3.47. The van der Waals surface area contributed by atoms with Gasteiger partial charge in [0, 0.05) is 18.1 Å². The maximum Gasteiger partial charge on any atom is 0.259 e. The number of fused-ring (bicyclic) bond motifs is 1. The number of nitrogens with zero attached hydrogens (tertiary/aromatic N) is 2. The van der Waals surface area contributed by atoms with E-state index >= 15 is 0 Å². The minimum absolute atomic E-state index is 0.226. The molecule has 2 aromatic carbocycles. The number of aromatic nitrogens is 2. The highest BCUT2D eigenvalue weighted by Gasteiger charge is 2.11. The third-order valence-electron chi connectivity index (χ3n) is 3.08. The molecule has 21 heavy (non-hydrogen) atoms. The van der Waals surface area contributed by atoms with E-state index in [9.17, 15) is 4.79 Å². The van der Waals surface area contributed by atoms with Crippen molar-refractivity contribution in [3.05, 3.63) is 60.4 Å². The zero-order valence-corrected chi connectivity index (χ0v) is 11.4. The minimum Gasteiger partial charge on any atom is -0.496 e. The summed E-state index contributed by atoms with van der Waals surface area (Å²) in [6, 6.07) is 12.5. The van der Waals surface area contributed by atoms with E-state index in [1.54, 1.807) is 42.7 Å². The Morgan fingerprint density at radius 2 is 1.81 bits per heavy atom. The van der Waals surface area contributed by atoms with Crippen LogP contribution in [-0.2, 0) is 0 Å². The molecule has 0 aliphatic rings. The molecule has 0 atom stereocenters. The molecule has 0 unspecified atom stereocenters. The van der Waals surface area contributed by atoms with Gasteiger partial charge in [-0.2, -0.15) is 0 Å². The highest BCUT2D eigenvalue weighted by atomic mass is 16.5. The third kappa shape index (κ3) is 2.67. The first-order valence-corrected chi connectivity index (χ1v) is 6.43. The number of hydrogen-bond donors (Lipinski definition) is 1. The second kappa shape index (κ2) is 5.58. The van der Waals surface area contributed by atoms with Crippen molar-refractivity contribution in [3.8, 4) is 5.75 Å². The monoisotopic (exact) mass is 279 g/mol. The summed E-state index contributed by atoms with van der Waals surface area (Å²) in [6.07, 6.45) is 3.25. The van der Waals surface area contributed by atoms with E-state index in [4.69, 9.17) is 4.74 Å². The predicted octanol–water partition coefficient (Wildman–Crippen LogP) is 2.89. The van der Waals surface area contributed by atoms with Crippen molar-refractivity contribution in [2.24, 2.45) is 0 Å². The summed E-state index contributed by atoms with van der Waals surface area (Å²) in [7, 11) is 1.54. The summed E-state index contributed by atoms with van der Waals surface area (Å²) in [5.41, 5.74) is 2.67. The molecule has 1 aromatic heterocycles. The fourth-order valence-corrected chi connectivity index (χ4v) is 2.07. The van der Waals surface area contributed by atoms with Gasteiger partial charge in [-0.05, 0) is 30.3 Å². The molecule has 0 bridgehead atoms. The maximum absolute atomic E-state index is 12.3. The van der Waals surface area contributed by atoms with Gasteiger partial charge in [0.25, 0.3) is 5.91 Å². The topological polar surface area (TPSA) is 64.1 Å². The van der Waals surface area contributed by atoms with Crippen molar-refractivity contribution in [2.45, 2.75) is 0 Å². The molecule has 0 aliphatic carbocycles. The summed E-state index contributed by atoms with van der Waals surface area (Å²) in [5.74, 6) is 0.311. The zero-order valence-electron chi connectivity index (χ0n) is 11.4. The van der Waals surface area contributed by atoms with Crippen LogP contribution in [0, 0.1) is 0 Å². The number of benzene rings is 2. The van der Waals surface area contributed by atoms with Gasteiger partial charge in [0.2, 0.25) is 0 Å². The average Bonchev–Trinajstić information content (AvgIpc) is 2.54. The lowest BCUT2D eigenvalue weighted by atomic mass is 10.2. The molecule has 0 saturated heterocycles. The number of amides is 1. The minimum atomic E-state index is -0.226.